The van der Waals surface area contributed by atoms with Crippen LogP contribution < -0.4 is 5.32 Å². The van der Waals surface area contributed by atoms with Gasteiger partial charge in [0.25, 0.3) is 0 Å². The van der Waals surface area contributed by atoms with E-state index in [1.54, 1.807) is 0 Å². The molecule has 1 nitrogen and oxygen atoms in total. The molecule has 1 unspecified atom stereocenters. The predicted octanol–water partition coefficient (Wildman–Crippen LogP) is 3.32. The van der Waals surface area contributed by atoms with Gasteiger partial charge in [0.1, 0.15) is 0 Å². The minimum atomic E-state index is 0.828. The van der Waals surface area contributed by atoms with Crippen molar-refractivity contribution in [1.82, 2.24) is 5.32 Å². The van der Waals surface area contributed by atoms with E-state index in [0.717, 1.165) is 5.92 Å². The number of hydrogen-bond donors (Lipinski definition) is 1. The first-order chi connectivity index (χ1) is 7.28. The topological polar surface area (TPSA) is 12.0 Å². The highest BCUT2D eigenvalue weighted by Gasteiger charge is 2.15. The van der Waals surface area contributed by atoms with E-state index in [1.165, 1.54) is 40.9 Å². The molecule has 1 aromatic carbocycles. The lowest BCUT2D eigenvalue weighted by Crippen LogP contribution is -2.10. The third-order valence-electron chi connectivity index (χ3n) is 2.85. The lowest BCUT2D eigenvalue weighted by molar-refractivity contribution is 0.579. The Morgan fingerprint density at radius 2 is 2.33 bits per heavy atom. The summed E-state index contributed by atoms with van der Waals surface area (Å²) in [6, 6.07) is 6.74. The van der Waals surface area contributed by atoms with Gasteiger partial charge < -0.3 is 5.32 Å². The summed E-state index contributed by atoms with van der Waals surface area (Å²) in [5.74, 6) is 0.828. The van der Waals surface area contributed by atoms with Gasteiger partial charge in [-0.2, -0.15) is 0 Å². The van der Waals surface area contributed by atoms with E-state index in [0.29, 0.717) is 0 Å². The summed E-state index contributed by atoms with van der Waals surface area (Å²) in [4.78, 5) is 1.35. The van der Waals surface area contributed by atoms with Crippen LogP contribution in [0.1, 0.15) is 12.0 Å². The molecule has 1 aromatic rings. The van der Waals surface area contributed by atoms with Crippen molar-refractivity contribution in [2.45, 2.75) is 17.7 Å². The summed E-state index contributed by atoms with van der Waals surface area (Å²) in [5.41, 5.74) is 1.46. The zero-order valence-corrected chi connectivity index (χ0v) is 11.3. The molecule has 1 fully saturated rings. The molecule has 0 amide bonds. The molecule has 1 N–H and O–H groups in total. The molecule has 0 spiro atoms. The molecule has 1 atom stereocenters. The molecule has 0 aliphatic carbocycles. The Morgan fingerprint density at radius 3 is 3.00 bits per heavy atom. The van der Waals surface area contributed by atoms with Crippen molar-refractivity contribution in [2.75, 3.05) is 19.3 Å². The standard InChI is InChI=1S/C12H16BrNS/c1-15-12-6-10(5-11(13)7-12)4-9-2-3-14-8-9/h5-7,9,14H,2-4,8H2,1H3. The van der Waals surface area contributed by atoms with E-state index in [4.69, 9.17) is 0 Å². The SMILES string of the molecule is CSc1cc(Br)cc(CC2CCNC2)c1. The maximum absolute atomic E-state index is 3.57. The Morgan fingerprint density at radius 1 is 1.47 bits per heavy atom. The monoisotopic (exact) mass is 285 g/mol. The predicted molar refractivity (Wildman–Crippen MR) is 70.6 cm³/mol. The molecule has 2 rings (SSSR count). The average Bonchev–Trinajstić information content (AvgIpc) is 2.69. The Balaban J connectivity index is 2.09. The van der Waals surface area contributed by atoms with Crippen LogP contribution in [0.3, 0.4) is 0 Å². The van der Waals surface area contributed by atoms with Gasteiger partial charge >= 0.3 is 0 Å². The van der Waals surface area contributed by atoms with Gasteiger partial charge in [0.15, 0.2) is 0 Å². The highest BCUT2D eigenvalue weighted by atomic mass is 79.9. The van der Waals surface area contributed by atoms with Gasteiger partial charge in [0.05, 0.1) is 0 Å². The second-order valence-corrected chi connectivity index (χ2v) is 5.86. The van der Waals surface area contributed by atoms with Gasteiger partial charge in [0.2, 0.25) is 0 Å². The molecule has 0 aromatic heterocycles. The maximum atomic E-state index is 3.57. The Kier molecular flexibility index (Phi) is 4.12. The molecule has 1 saturated heterocycles. The normalized spacial score (nSPS) is 20.8. The Labute approximate surface area is 104 Å². The van der Waals surface area contributed by atoms with Crippen molar-refractivity contribution in [3.8, 4) is 0 Å². The summed E-state index contributed by atoms with van der Waals surface area (Å²) >= 11 is 5.38. The Hall–Kier alpha value is 0.01000. The van der Waals surface area contributed by atoms with E-state index < -0.39 is 0 Å². The minimum absolute atomic E-state index is 0.828. The van der Waals surface area contributed by atoms with Gasteiger partial charge in [-0.15, -0.1) is 11.8 Å². The third-order valence-corrected chi connectivity index (χ3v) is 4.02. The van der Waals surface area contributed by atoms with Gasteiger partial charge in [-0.1, -0.05) is 15.9 Å². The summed E-state index contributed by atoms with van der Waals surface area (Å²) in [7, 11) is 0. The van der Waals surface area contributed by atoms with E-state index in [1.807, 2.05) is 11.8 Å². The number of halogens is 1. The number of benzene rings is 1. The first-order valence-corrected chi connectivity index (χ1v) is 7.34. The fourth-order valence-corrected chi connectivity index (χ4v) is 3.28. The van der Waals surface area contributed by atoms with E-state index in [-0.39, 0.29) is 0 Å². The molecule has 82 valence electrons. The minimum Gasteiger partial charge on any atom is -0.316 e. The molecule has 1 heterocycles. The average molecular weight is 286 g/mol. The largest absolute Gasteiger partial charge is 0.316 e. The first kappa shape index (κ1) is 11.5. The van der Waals surface area contributed by atoms with Crippen LogP contribution in [-0.2, 0) is 6.42 Å². The molecule has 0 bridgehead atoms. The van der Waals surface area contributed by atoms with Crippen LogP contribution in [0, 0.1) is 5.92 Å². The first-order valence-electron chi connectivity index (χ1n) is 5.32. The van der Waals surface area contributed by atoms with Crippen LogP contribution in [0.25, 0.3) is 0 Å². The van der Waals surface area contributed by atoms with Crippen LogP contribution in [0.4, 0.5) is 0 Å². The quantitative estimate of drug-likeness (QED) is 0.855. The van der Waals surface area contributed by atoms with Crippen molar-refractivity contribution in [3.05, 3.63) is 28.2 Å². The van der Waals surface area contributed by atoms with Gasteiger partial charge in [0, 0.05) is 9.37 Å². The number of rotatable bonds is 3. The number of thioether (sulfide) groups is 1. The molecule has 15 heavy (non-hydrogen) atoms. The molecule has 0 saturated carbocycles. The van der Waals surface area contributed by atoms with Gasteiger partial charge in [-0.25, -0.2) is 0 Å². The third kappa shape index (κ3) is 3.23. The van der Waals surface area contributed by atoms with Crippen LogP contribution in [0.2, 0.25) is 0 Å². The van der Waals surface area contributed by atoms with Crippen molar-refractivity contribution in [3.63, 3.8) is 0 Å². The van der Waals surface area contributed by atoms with Crippen molar-refractivity contribution in [2.24, 2.45) is 5.92 Å². The van der Waals surface area contributed by atoms with Crippen molar-refractivity contribution >= 4 is 27.7 Å². The van der Waals surface area contributed by atoms with E-state index in [9.17, 15) is 0 Å². The maximum Gasteiger partial charge on any atom is 0.0189 e. The lowest BCUT2D eigenvalue weighted by Gasteiger charge is -2.10. The number of nitrogens with one attached hydrogen (secondary N) is 1. The summed E-state index contributed by atoms with van der Waals surface area (Å²) in [6.45, 7) is 2.37. The zero-order valence-electron chi connectivity index (χ0n) is 8.92. The van der Waals surface area contributed by atoms with Gasteiger partial charge in [-0.05, 0) is 61.9 Å². The van der Waals surface area contributed by atoms with Crippen LogP contribution in [0.15, 0.2) is 27.6 Å². The summed E-state index contributed by atoms with van der Waals surface area (Å²) in [5, 5.41) is 3.42. The molecule has 3 heteroatoms. The highest BCUT2D eigenvalue weighted by Crippen LogP contribution is 2.25. The van der Waals surface area contributed by atoms with Crippen LogP contribution in [0.5, 0.6) is 0 Å². The molecular weight excluding hydrogens is 270 g/mol. The molecule has 0 radical (unpaired) electrons. The van der Waals surface area contributed by atoms with Gasteiger partial charge in [-0.3, -0.25) is 0 Å². The van der Waals surface area contributed by atoms with Crippen molar-refractivity contribution in [1.29, 1.82) is 0 Å². The zero-order chi connectivity index (χ0) is 10.7. The second kappa shape index (κ2) is 5.37. The second-order valence-electron chi connectivity index (χ2n) is 4.06. The van der Waals surface area contributed by atoms with E-state index >= 15 is 0 Å². The number of hydrogen-bond acceptors (Lipinski definition) is 2. The van der Waals surface area contributed by atoms with Crippen LogP contribution in [-0.4, -0.2) is 19.3 Å². The highest BCUT2D eigenvalue weighted by molar-refractivity contribution is 9.10. The smallest absolute Gasteiger partial charge is 0.0189 e. The van der Waals surface area contributed by atoms with Crippen LogP contribution >= 0.6 is 27.7 Å². The van der Waals surface area contributed by atoms with E-state index in [2.05, 4.69) is 45.7 Å². The molecule has 1 aliphatic rings. The summed E-state index contributed by atoms with van der Waals surface area (Å²) in [6.07, 6.45) is 4.66. The molecular formula is C12H16BrNS. The molecule has 1 aliphatic heterocycles. The fourth-order valence-electron chi connectivity index (χ4n) is 2.08. The fraction of sp³-hybridized carbons (Fsp3) is 0.500. The summed E-state index contributed by atoms with van der Waals surface area (Å²) < 4.78 is 1.20. The van der Waals surface area contributed by atoms with Crippen molar-refractivity contribution < 1.29 is 0 Å². The Bertz CT molecular complexity index is 334. The lowest BCUT2D eigenvalue weighted by atomic mass is 9.99.